The van der Waals surface area contributed by atoms with Gasteiger partial charge in [0, 0.05) is 31.8 Å². The summed E-state index contributed by atoms with van der Waals surface area (Å²) in [6.45, 7) is 3.89. The highest BCUT2D eigenvalue weighted by Crippen LogP contribution is 2.40. The van der Waals surface area contributed by atoms with E-state index in [0.717, 1.165) is 17.5 Å². The van der Waals surface area contributed by atoms with E-state index in [1.807, 2.05) is 36.2 Å². The van der Waals surface area contributed by atoms with Gasteiger partial charge in [-0.3, -0.25) is 4.79 Å². The number of halogens is 1. The van der Waals surface area contributed by atoms with E-state index in [-0.39, 0.29) is 5.91 Å². The Morgan fingerprint density at radius 2 is 1.69 bits per heavy atom. The maximum atomic E-state index is 13.5. The van der Waals surface area contributed by atoms with Gasteiger partial charge in [0.2, 0.25) is 5.91 Å². The molecule has 0 N–H and O–H groups in total. The highest BCUT2D eigenvalue weighted by atomic mass is 35.5. The second kappa shape index (κ2) is 8.24. The molecular weight excluding hydrogens is 346 g/mol. The number of hydrogen-bond donors (Lipinski definition) is 0. The van der Waals surface area contributed by atoms with Gasteiger partial charge in [-0.2, -0.15) is 0 Å². The van der Waals surface area contributed by atoms with Crippen molar-refractivity contribution in [2.24, 2.45) is 0 Å². The van der Waals surface area contributed by atoms with Crippen LogP contribution in [0.5, 0.6) is 0 Å². The van der Waals surface area contributed by atoms with Gasteiger partial charge in [0.1, 0.15) is 0 Å². The standard InChI is InChI=1S/C22H26ClNO2/c1-3-17-8-10-18(11-9-17)16-24(2)21(25)22(12-14-26-15-13-22)19-6-4-5-7-20(19)23/h4-11H,3,12-16H2,1-2H3. The number of likely N-dealkylation sites (N-methyl/N-ethyl adjacent to an activating group) is 1. The number of amides is 1. The van der Waals surface area contributed by atoms with E-state index in [9.17, 15) is 4.79 Å². The van der Waals surface area contributed by atoms with Crippen LogP contribution in [0.25, 0.3) is 0 Å². The fourth-order valence-electron chi connectivity index (χ4n) is 3.76. The molecule has 2 aromatic rings. The zero-order valence-corrected chi connectivity index (χ0v) is 16.3. The van der Waals surface area contributed by atoms with Crippen LogP contribution >= 0.6 is 11.6 Å². The summed E-state index contributed by atoms with van der Waals surface area (Å²) in [5, 5.41) is 0.656. The predicted octanol–water partition coefficient (Wildman–Crippen LogP) is 4.61. The Labute approximate surface area is 160 Å². The fraction of sp³-hybridized carbons (Fsp3) is 0.409. The van der Waals surface area contributed by atoms with Crippen LogP contribution in [0.15, 0.2) is 48.5 Å². The lowest BCUT2D eigenvalue weighted by molar-refractivity contribution is -0.140. The first-order chi connectivity index (χ1) is 12.6. The molecule has 1 aliphatic rings. The Bertz CT molecular complexity index is 751. The molecule has 3 rings (SSSR count). The molecule has 0 saturated carbocycles. The molecule has 0 spiro atoms. The zero-order valence-electron chi connectivity index (χ0n) is 15.5. The smallest absolute Gasteiger partial charge is 0.233 e. The summed E-state index contributed by atoms with van der Waals surface area (Å²) in [4.78, 5) is 15.3. The van der Waals surface area contributed by atoms with Gasteiger partial charge in [0.15, 0.2) is 0 Å². The molecule has 26 heavy (non-hydrogen) atoms. The third kappa shape index (κ3) is 3.79. The molecule has 0 aromatic heterocycles. The number of carbonyl (C=O) groups is 1. The molecule has 138 valence electrons. The van der Waals surface area contributed by atoms with E-state index in [0.29, 0.717) is 37.6 Å². The molecule has 1 aliphatic heterocycles. The Hall–Kier alpha value is -1.84. The number of aryl methyl sites for hydroxylation is 1. The molecule has 4 heteroatoms. The van der Waals surface area contributed by atoms with Gasteiger partial charge in [0.25, 0.3) is 0 Å². The summed E-state index contributed by atoms with van der Waals surface area (Å²) >= 11 is 6.48. The highest BCUT2D eigenvalue weighted by Gasteiger charge is 2.44. The zero-order chi connectivity index (χ0) is 18.6. The number of rotatable bonds is 5. The van der Waals surface area contributed by atoms with Crippen molar-refractivity contribution in [3.63, 3.8) is 0 Å². The first-order valence-corrected chi connectivity index (χ1v) is 9.61. The molecule has 1 saturated heterocycles. The molecule has 1 amide bonds. The molecular formula is C22H26ClNO2. The lowest BCUT2D eigenvalue weighted by atomic mass is 9.73. The second-order valence-electron chi connectivity index (χ2n) is 7.01. The molecule has 0 radical (unpaired) electrons. The van der Waals surface area contributed by atoms with Gasteiger partial charge in [0.05, 0.1) is 5.41 Å². The summed E-state index contributed by atoms with van der Waals surface area (Å²) in [5.74, 6) is 0.119. The number of ether oxygens (including phenoxy) is 1. The SMILES string of the molecule is CCc1ccc(CN(C)C(=O)C2(c3ccccc3Cl)CCOCC2)cc1. The highest BCUT2D eigenvalue weighted by molar-refractivity contribution is 6.31. The van der Waals surface area contributed by atoms with E-state index in [1.165, 1.54) is 5.56 Å². The summed E-state index contributed by atoms with van der Waals surface area (Å²) in [5.41, 5.74) is 2.76. The normalized spacial score (nSPS) is 16.3. The van der Waals surface area contributed by atoms with Crippen molar-refractivity contribution in [3.05, 3.63) is 70.2 Å². The minimum absolute atomic E-state index is 0.119. The van der Waals surface area contributed by atoms with Crippen LogP contribution < -0.4 is 0 Å². The van der Waals surface area contributed by atoms with Crippen molar-refractivity contribution in [2.45, 2.75) is 38.1 Å². The van der Waals surface area contributed by atoms with E-state index in [1.54, 1.807) is 0 Å². The largest absolute Gasteiger partial charge is 0.381 e. The van der Waals surface area contributed by atoms with Crippen molar-refractivity contribution in [1.29, 1.82) is 0 Å². The number of benzene rings is 2. The number of carbonyl (C=O) groups excluding carboxylic acids is 1. The average Bonchev–Trinajstić information content (AvgIpc) is 2.69. The van der Waals surface area contributed by atoms with E-state index in [4.69, 9.17) is 16.3 Å². The maximum Gasteiger partial charge on any atom is 0.233 e. The van der Waals surface area contributed by atoms with E-state index < -0.39 is 5.41 Å². The fourth-order valence-corrected chi connectivity index (χ4v) is 4.08. The van der Waals surface area contributed by atoms with Gasteiger partial charge in [-0.25, -0.2) is 0 Å². The van der Waals surface area contributed by atoms with Crippen molar-refractivity contribution < 1.29 is 9.53 Å². The van der Waals surface area contributed by atoms with Crippen LogP contribution in [-0.2, 0) is 27.9 Å². The van der Waals surface area contributed by atoms with E-state index >= 15 is 0 Å². The molecule has 3 nitrogen and oxygen atoms in total. The van der Waals surface area contributed by atoms with Gasteiger partial charge >= 0.3 is 0 Å². The van der Waals surface area contributed by atoms with Crippen LogP contribution in [0.2, 0.25) is 5.02 Å². The Kier molecular flexibility index (Phi) is 6.00. The van der Waals surface area contributed by atoms with Gasteiger partial charge in [-0.15, -0.1) is 0 Å². The van der Waals surface area contributed by atoms with Gasteiger partial charge < -0.3 is 9.64 Å². The maximum absolute atomic E-state index is 13.5. The average molecular weight is 372 g/mol. The van der Waals surface area contributed by atoms with Crippen LogP contribution in [0.1, 0.15) is 36.5 Å². The summed E-state index contributed by atoms with van der Waals surface area (Å²) < 4.78 is 5.55. The van der Waals surface area contributed by atoms with Crippen molar-refractivity contribution in [1.82, 2.24) is 4.90 Å². The predicted molar refractivity (Wildman–Crippen MR) is 105 cm³/mol. The first-order valence-electron chi connectivity index (χ1n) is 9.23. The summed E-state index contributed by atoms with van der Waals surface area (Å²) in [6.07, 6.45) is 2.34. The van der Waals surface area contributed by atoms with Crippen LogP contribution in [0.4, 0.5) is 0 Å². The number of nitrogens with zero attached hydrogens (tertiary/aromatic N) is 1. The van der Waals surface area contributed by atoms with Crippen LogP contribution in [-0.4, -0.2) is 31.1 Å². The summed E-state index contributed by atoms with van der Waals surface area (Å²) in [7, 11) is 1.88. The Morgan fingerprint density at radius 3 is 2.31 bits per heavy atom. The van der Waals surface area contributed by atoms with Crippen LogP contribution in [0.3, 0.4) is 0 Å². The molecule has 1 heterocycles. The molecule has 0 atom stereocenters. The van der Waals surface area contributed by atoms with Gasteiger partial charge in [-0.1, -0.05) is 61.0 Å². The van der Waals surface area contributed by atoms with Crippen molar-refractivity contribution in [3.8, 4) is 0 Å². The quantitative estimate of drug-likeness (QED) is 0.768. The summed E-state index contributed by atoms with van der Waals surface area (Å²) in [6, 6.07) is 16.2. The second-order valence-corrected chi connectivity index (χ2v) is 7.41. The van der Waals surface area contributed by atoms with Crippen molar-refractivity contribution >= 4 is 17.5 Å². The molecule has 0 aliphatic carbocycles. The molecule has 2 aromatic carbocycles. The lowest BCUT2D eigenvalue weighted by Gasteiger charge is -2.39. The first kappa shape index (κ1) is 18.9. The molecule has 0 unspecified atom stereocenters. The lowest BCUT2D eigenvalue weighted by Crippen LogP contribution is -2.48. The third-order valence-corrected chi connectivity index (χ3v) is 5.67. The van der Waals surface area contributed by atoms with Gasteiger partial charge in [-0.05, 0) is 42.0 Å². The van der Waals surface area contributed by atoms with Crippen molar-refractivity contribution in [2.75, 3.05) is 20.3 Å². The topological polar surface area (TPSA) is 29.5 Å². The number of hydrogen-bond acceptors (Lipinski definition) is 2. The minimum atomic E-state index is -0.602. The van der Waals surface area contributed by atoms with E-state index in [2.05, 4.69) is 31.2 Å². The van der Waals surface area contributed by atoms with Crippen LogP contribution in [0, 0.1) is 0 Å². The Morgan fingerprint density at radius 1 is 1.08 bits per heavy atom. The minimum Gasteiger partial charge on any atom is -0.381 e. The third-order valence-electron chi connectivity index (χ3n) is 5.34. The Balaban J connectivity index is 1.86. The monoisotopic (exact) mass is 371 g/mol. The molecule has 0 bridgehead atoms. The molecule has 1 fully saturated rings.